The lowest BCUT2D eigenvalue weighted by atomic mass is 9.83. The van der Waals surface area contributed by atoms with Crippen LogP contribution in [0.4, 0.5) is 5.69 Å². The summed E-state index contributed by atoms with van der Waals surface area (Å²) in [5.41, 5.74) is 2.95. The first-order chi connectivity index (χ1) is 6.45. The van der Waals surface area contributed by atoms with Crippen LogP contribution in [0.1, 0.15) is 37.2 Å². The Hall–Kier alpha value is -0.980. The molecule has 1 unspecified atom stereocenters. The normalized spacial score (nSPS) is 30.5. The summed E-state index contributed by atoms with van der Waals surface area (Å²) in [5.74, 6) is 0.810. The summed E-state index contributed by atoms with van der Waals surface area (Å²) in [7, 11) is 0. The maximum Gasteiger partial charge on any atom is 0.0378 e. The van der Waals surface area contributed by atoms with Crippen molar-refractivity contribution in [2.24, 2.45) is 0 Å². The Morgan fingerprint density at radius 3 is 2.92 bits per heavy atom. The first-order valence-corrected chi connectivity index (χ1v) is 5.30. The van der Waals surface area contributed by atoms with Crippen LogP contribution in [0.15, 0.2) is 24.3 Å². The van der Waals surface area contributed by atoms with Gasteiger partial charge in [-0.05, 0) is 24.5 Å². The highest BCUT2D eigenvalue weighted by atomic mass is 15.0. The molecule has 1 saturated carbocycles. The molecular weight excluding hydrogens is 158 g/mol. The molecule has 2 aliphatic rings. The van der Waals surface area contributed by atoms with Gasteiger partial charge in [-0.25, -0.2) is 0 Å². The molecular formula is C12H15N. The van der Waals surface area contributed by atoms with Crippen molar-refractivity contribution in [2.75, 3.05) is 5.32 Å². The van der Waals surface area contributed by atoms with Gasteiger partial charge in [0.05, 0.1) is 0 Å². The maximum absolute atomic E-state index is 3.64. The van der Waals surface area contributed by atoms with Crippen LogP contribution in [0, 0.1) is 0 Å². The Labute approximate surface area is 79.2 Å². The largest absolute Gasteiger partial charge is 0.381 e. The van der Waals surface area contributed by atoms with Crippen LogP contribution in [0.25, 0.3) is 0 Å². The van der Waals surface area contributed by atoms with E-state index < -0.39 is 0 Å². The lowest BCUT2D eigenvalue weighted by Gasteiger charge is -2.25. The summed E-state index contributed by atoms with van der Waals surface area (Å²) < 4.78 is 0. The van der Waals surface area contributed by atoms with Crippen LogP contribution in [-0.4, -0.2) is 6.04 Å². The second-order valence-electron chi connectivity index (χ2n) is 4.23. The highest BCUT2D eigenvalue weighted by Crippen LogP contribution is 2.43. The molecule has 1 aromatic carbocycles. The number of para-hydroxylation sites is 1. The van der Waals surface area contributed by atoms with Gasteiger partial charge in [0.2, 0.25) is 0 Å². The third-order valence-electron chi connectivity index (χ3n) is 3.47. The Balaban J connectivity index is 2.01. The van der Waals surface area contributed by atoms with Crippen molar-refractivity contribution in [1.82, 2.24) is 0 Å². The van der Waals surface area contributed by atoms with Crippen molar-refractivity contribution in [3.8, 4) is 0 Å². The molecule has 1 fully saturated rings. The van der Waals surface area contributed by atoms with Gasteiger partial charge >= 0.3 is 0 Å². The van der Waals surface area contributed by atoms with Crippen molar-refractivity contribution in [3.05, 3.63) is 29.8 Å². The lowest BCUT2D eigenvalue weighted by molar-refractivity contribution is 0.422. The Bertz CT molecular complexity index is 319. The van der Waals surface area contributed by atoms with E-state index in [1.54, 1.807) is 5.56 Å². The Morgan fingerprint density at radius 1 is 1.08 bits per heavy atom. The minimum Gasteiger partial charge on any atom is -0.381 e. The minimum atomic E-state index is 0.742. The van der Waals surface area contributed by atoms with E-state index in [9.17, 15) is 0 Å². The van der Waals surface area contributed by atoms with E-state index in [1.807, 2.05) is 0 Å². The SMILES string of the molecule is c1ccc2c(c1)N[C@@H]1CCCCC21. The number of benzene rings is 1. The minimum absolute atomic E-state index is 0.742. The maximum atomic E-state index is 3.64. The van der Waals surface area contributed by atoms with E-state index in [0.29, 0.717) is 0 Å². The van der Waals surface area contributed by atoms with Crippen LogP contribution in [0.5, 0.6) is 0 Å². The molecule has 0 saturated heterocycles. The number of hydrogen-bond acceptors (Lipinski definition) is 1. The average molecular weight is 173 g/mol. The molecule has 1 aliphatic carbocycles. The fraction of sp³-hybridized carbons (Fsp3) is 0.500. The molecule has 1 N–H and O–H groups in total. The van der Waals surface area contributed by atoms with E-state index in [1.165, 1.54) is 31.4 Å². The van der Waals surface area contributed by atoms with Gasteiger partial charge in [-0.2, -0.15) is 0 Å². The molecule has 3 rings (SSSR count). The van der Waals surface area contributed by atoms with Crippen LogP contribution in [0.2, 0.25) is 0 Å². The molecule has 2 atom stereocenters. The third kappa shape index (κ3) is 1.06. The van der Waals surface area contributed by atoms with Crippen molar-refractivity contribution in [1.29, 1.82) is 0 Å². The van der Waals surface area contributed by atoms with Crippen molar-refractivity contribution >= 4 is 5.69 Å². The molecule has 0 spiro atoms. The van der Waals surface area contributed by atoms with Gasteiger partial charge in [-0.15, -0.1) is 0 Å². The lowest BCUT2D eigenvalue weighted by Crippen LogP contribution is -2.23. The van der Waals surface area contributed by atoms with Gasteiger partial charge in [0.25, 0.3) is 0 Å². The molecule has 1 heteroatoms. The first-order valence-electron chi connectivity index (χ1n) is 5.30. The summed E-state index contributed by atoms with van der Waals surface area (Å²) in [4.78, 5) is 0. The quantitative estimate of drug-likeness (QED) is 0.635. The number of nitrogens with one attached hydrogen (secondary N) is 1. The summed E-state index contributed by atoms with van der Waals surface area (Å²) in [6, 6.07) is 9.54. The van der Waals surface area contributed by atoms with Gasteiger partial charge in [0, 0.05) is 17.6 Å². The highest BCUT2D eigenvalue weighted by molar-refractivity contribution is 5.59. The van der Waals surface area contributed by atoms with Crippen LogP contribution >= 0.6 is 0 Å². The number of fused-ring (bicyclic) bond motifs is 3. The second-order valence-corrected chi connectivity index (χ2v) is 4.23. The molecule has 0 bridgehead atoms. The highest BCUT2D eigenvalue weighted by Gasteiger charge is 2.33. The van der Waals surface area contributed by atoms with Crippen molar-refractivity contribution < 1.29 is 0 Å². The zero-order valence-corrected chi connectivity index (χ0v) is 7.79. The van der Waals surface area contributed by atoms with E-state index in [2.05, 4.69) is 29.6 Å². The van der Waals surface area contributed by atoms with Crippen LogP contribution in [0.3, 0.4) is 0 Å². The van der Waals surface area contributed by atoms with Gasteiger partial charge in [0.15, 0.2) is 0 Å². The van der Waals surface area contributed by atoms with Gasteiger partial charge in [-0.1, -0.05) is 31.0 Å². The average Bonchev–Trinajstić information content (AvgIpc) is 2.56. The zero-order valence-electron chi connectivity index (χ0n) is 7.79. The third-order valence-corrected chi connectivity index (χ3v) is 3.47. The summed E-state index contributed by atoms with van der Waals surface area (Å²) in [5, 5.41) is 3.64. The number of rotatable bonds is 0. The standard InChI is InChI=1S/C12H15N/c1-3-7-11-9(5-1)10-6-2-4-8-12(10)13-11/h1,3,5,7,10,12-13H,2,4,6,8H2/t10?,12-/m1/s1. The second kappa shape index (κ2) is 2.76. The van der Waals surface area contributed by atoms with E-state index in [4.69, 9.17) is 0 Å². The molecule has 0 radical (unpaired) electrons. The van der Waals surface area contributed by atoms with Crippen molar-refractivity contribution in [3.63, 3.8) is 0 Å². The molecule has 1 nitrogen and oxygen atoms in total. The fourth-order valence-electron chi connectivity index (χ4n) is 2.83. The number of anilines is 1. The Morgan fingerprint density at radius 2 is 1.92 bits per heavy atom. The van der Waals surface area contributed by atoms with E-state index in [-0.39, 0.29) is 0 Å². The van der Waals surface area contributed by atoms with Gasteiger partial charge in [0.1, 0.15) is 0 Å². The molecule has 0 amide bonds. The molecule has 1 aromatic rings. The molecule has 13 heavy (non-hydrogen) atoms. The molecule has 1 aliphatic heterocycles. The summed E-state index contributed by atoms with van der Waals surface area (Å²) >= 11 is 0. The van der Waals surface area contributed by atoms with Crippen LogP contribution in [-0.2, 0) is 0 Å². The van der Waals surface area contributed by atoms with Crippen LogP contribution < -0.4 is 5.32 Å². The predicted octanol–water partition coefficient (Wildman–Crippen LogP) is 3.14. The summed E-state index contributed by atoms with van der Waals surface area (Å²) in [6.07, 6.45) is 5.56. The monoisotopic (exact) mass is 173 g/mol. The van der Waals surface area contributed by atoms with Gasteiger partial charge < -0.3 is 5.32 Å². The first kappa shape index (κ1) is 7.43. The predicted molar refractivity (Wildman–Crippen MR) is 55.1 cm³/mol. The molecule has 68 valence electrons. The molecule has 0 aromatic heterocycles. The topological polar surface area (TPSA) is 12.0 Å². The number of hydrogen-bond donors (Lipinski definition) is 1. The van der Waals surface area contributed by atoms with E-state index in [0.717, 1.165) is 12.0 Å². The van der Waals surface area contributed by atoms with Gasteiger partial charge in [-0.3, -0.25) is 0 Å². The fourth-order valence-corrected chi connectivity index (χ4v) is 2.83. The van der Waals surface area contributed by atoms with Crippen molar-refractivity contribution in [2.45, 2.75) is 37.6 Å². The molecule has 1 heterocycles. The summed E-state index contributed by atoms with van der Waals surface area (Å²) in [6.45, 7) is 0. The smallest absolute Gasteiger partial charge is 0.0378 e. The Kier molecular flexibility index (Phi) is 1.58. The zero-order chi connectivity index (χ0) is 8.67. The van der Waals surface area contributed by atoms with E-state index >= 15 is 0 Å².